The van der Waals surface area contributed by atoms with E-state index in [0.29, 0.717) is 19.4 Å². The van der Waals surface area contributed by atoms with Crippen molar-refractivity contribution in [1.82, 2.24) is 5.01 Å². The fourth-order valence-electron chi connectivity index (χ4n) is 2.24. The summed E-state index contributed by atoms with van der Waals surface area (Å²) in [5, 5.41) is 0.749. The number of nitrogens with two attached hydrogens (primary N) is 1. The molecule has 0 spiro atoms. The van der Waals surface area contributed by atoms with Gasteiger partial charge >= 0.3 is 0 Å². The lowest BCUT2D eigenvalue weighted by Gasteiger charge is -2.32. The molecule has 0 aromatic rings. The van der Waals surface area contributed by atoms with Gasteiger partial charge in [-0.15, -0.1) is 0 Å². The second kappa shape index (κ2) is 4.83. The Morgan fingerprint density at radius 2 is 1.88 bits per heavy atom. The number of nitrogens with zero attached hydrogens (tertiary/aromatic N) is 1. The molecule has 0 radical (unpaired) electrons. The zero-order valence-electron chi connectivity index (χ0n) is 9.97. The Balaban J connectivity index is 2.95. The van der Waals surface area contributed by atoms with Gasteiger partial charge in [-0.2, -0.15) is 8.42 Å². The van der Waals surface area contributed by atoms with E-state index in [9.17, 15) is 13.0 Å². The van der Waals surface area contributed by atoms with Crippen molar-refractivity contribution in [2.75, 3.05) is 13.6 Å². The van der Waals surface area contributed by atoms with E-state index in [4.69, 9.17) is 5.84 Å². The highest BCUT2D eigenvalue weighted by Crippen LogP contribution is 2.33. The Bertz CT molecular complexity index is 387. The van der Waals surface area contributed by atoms with Crippen LogP contribution in [0.25, 0.3) is 0 Å². The van der Waals surface area contributed by atoms with Crippen LogP contribution >= 0.6 is 0 Å². The van der Waals surface area contributed by atoms with E-state index < -0.39 is 15.4 Å². The van der Waals surface area contributed by atoms with Crippen LogP contribution in [0.15, 0.2) is 11.1 Å². The van der Waals surface area contributed by atoms with Gasteiger partial charge in [0.2, 0.25) is 0 Å². The molecule has 0 bridgehead atoms. The molecule has 6 heteroatoms. The minimum Gasteiger partial charge on any atom is -0.285 e. The first-order valence-electron chi connectivity index (χ1n) is 5.29. The highest BCUT2D eigenvalue weighted by Gasteiger charge is 2.36. The summed E-state index contributed by atoms with van der Waals surface area (Å²) in [6.07, 6.45) is 1.08. The summed E-state index contributed by atoms with van der Waals surface area (Å²) < 4.78 is 31.8. The van der Waals surface area contributed by atoms with Gasteiger partial charge in [0.25, 0.3) is 10.1 Å². The summed E-state index contributed by atoms with van der Waals surface area (Å²) in [4.78, 5) is 0. The summed E-state index contributed by atoms with van der Waals surface area (Å²) in [5.74, 6) is 5.42. The lowest BCUT2D eigenvalue weighted by molar-refractivity contribution is 0.263. The molecule has 2 atom stereocenters. The molecule has 16 heavy (non-hydrogen) atoms. The van der Waals surface area contributed by atoms with Gasteiger partial charge in [0.15, 0.2) is 0 Å². The summed E-state index contributed by atoms with van der Waals surface area (Å²) in [7, 11) is -2.30. The monoisotopic (exact) mass is 248 g/mol. The highest BCUT2D eigenvalue weighted by atomic mass is 32.2. The van der Waals surface area contributed by atoms with Gasteiger partial charge in [-0.25, -0.2) is 5.01 Å². The average Bonchev–Trinajstić information content (AvgIpc) is 2.08. The third kappa shape index (κ3) is 3.28. The van der Waals surface area contributed by atoms with Crippen molar-refractivity contribution in [3.05, 3.63) is 11.1 Å². The molecule has 0 heterocycles. The van der Waals surface area contributed by atoms with Crippen LogP contribution < -0.4 is 5.84 Å². The molecule has 94 valence electrons. The first-order valence-corrected chi connectivity index (χ1v) is 6.79. The largest absolute Gasteiger partial charge is 0.285 e. The van der Waals surface area contributed by atoms with Gasteiger partial charge in [0, 0.05) is 13.6 Å². The van der Waals surface area contributed by atoms with E-state index >= 15 is 0 Å². The van der Waals surface area contributed by atoms with Crippen LogP contribution in [-0.4, -0.2) is 36.8 Å². The Labute approximate surface area is 97.0 Å². The Morgan fingerprint density at radius 1 is 1.38 bits per heavy atom. The number of allylic oxidation sites excluding steroid dienone is 2. The SMILES string of the molecule is CC1=C(C)CC(S(=O)(=O)O)C(CN(C)N)C1. The standard InChI is InChI=1S/C10H20N2O3S/c1-7-4-9(6-12(3)11)10(5-8(7)2)16(13,14)15/h9-10H,4-6,11H2,1-3H3,(H,13,14,15). The number of hydrazine groups is 1. The highest BCUT2D eigenvalue weighted by molar-refractivity contribution is 7.86. The fraction of sp³-hybridized carbons (Fsp3) is 0.800. The number of hydrogen-bond acceptors (Lipinski definition) is 4. The molecule has 0 amide bonds. The molecular formula is C10H20N2O3S. The van der Waals surface area contributed by atoms with Crippen LogP contribution in [-0.2, 0) is 10.1 Å². The van der Waals surface area contributed by atoms with Crippen molar-refractivity contribution >= 4 is 10.1 Å². The van der Waals surface area contributed by atoms with Crippen LogP contribution in [0.2, 0.25) is 0 Å². The predicted octanol–water partition coefficient (Wildman–Crippen LogP) is 0.795. The Hall–Kier alpha value is -0.430. The van der Waals surface area contributed by atoms with Gasteiger partial charge in [0.05, 0.1) is 5.25 Å². The minimum absolute atomic E-state index is 0.131. The van der Waals surface area contributed by atoms with Crippen molar-refractivity contribution in [3.63, 3.8) is 0 Å². The van der Waals surface area contributed by atoms with Crippen LogP contribution in [0.5, 0.6) is 0 Å². The molecular weight excluding hydrogens is 228 g/mol. The van der Waals surface area contributed by atoms with Crippen molar-refractivity contribution in [1.29, 1.82) is 0 Å². The third-order valence-electron chi connectivity index (χ3n) is 3.24. The lowest BCUT2D eigenvalue weighted by Crippen LogP contribution is -2.41. The third-order valence-corrected chi connectivity index (χ3v) is 4.55. The molecule has 0 aliphatic heterocycles. The van der Waals surface area contributed by atoms with E-state index in [1.165, 1.54) is 10.6 Å². The van der Waals surface area contributed by atoms with Gasteiger partial charge in [-0.1, -0.05) is 11.1 Å². The minimum atomic E-state index is -3.99. The maximum absolute atomic E-state index is 11.3. The van der Waals surface area contributed by atoms with Crippen molar-refractivity contribution in [2.24, 2.45) is 11.8 Å². The van der Waals surface area contributed by atoms with E-state index in [2.05, 4.69) is 0 Å². The maximum Gasteiger partial charge on any atom is 0.268 e. The molecule has 0 aromatic carbocycles. The number of hydrogen-bond donors (Lipinski definition) is 2. The summed E-state index contributed by atoms with van der Waals surface area (Å²) >= 11 is 0. The van der Waals surface area contributed by atoms with Crippen LogP contribution in [0.1, 0.15) is 26.7 Å². The molecule has 1 aliphatic rings. The van der Waals surface area contributed by atoms with E-state index in [-0.39, 0.29) is 5.92 Å². The normalized spacial score (nSPS) is 27.6. The zero-order valence-corrected chi connectivity index (χ0v) is 10.8. The molecule has 0 aromatic heterocycles. The zero-order chi connectivity index (χ0) is 12.5. The van der Waals surface area contributed by atoms with Crippen LogP contribution in [0.3, 0.4) is 0 Å². The van der Waals surface area contributed by atoms with Gasteiger partial charge in [-0.05, 0) is 32.6 Å². The number of rotatable bonds is 3. The van der Waals surface area contributed by atoms with Crippen molar-refractivity contribution in [3.8, 4) is 0 Å². The predicted molar refractivity (Wildman–Crippen MR) is 63.3 cm³/mol. The van der Waals surface area contributed by atoms with Gasteiger partial charge < -0.3 is 0 Å². The molecule has 3 N–H and O–H groups in total. The van der Waals surface area contributed by atoms with Crippen molar-refractivity contribution < 1.29 is 13.0 Å². The van der Waals surface area contributed by atoms with Gasteiger partial charge in [-0.3, -0.25) is 10.4 Å². The van der Waals surface area contributed by atoms with E-state index in [1.54, 1.807) is 7.05 Å². The van der Waals surface area contributed by atoms with E-state index in [1.807, 2.05) is 13.8 Å². The van der Waals surface area contributed by atoms with Gasteiger partial charge in [0.1, 0.15) is 0 Å². The summed E-state index contributed by atoms with van der Waals surface area (Å²) in [6, 6.07) is 0. The van der Waals surface area contributed by atoms with E-state index in [0.717, 1.165) is 5.57 Å². The maximum atomic E-state index is 11.3. The molecule has 1 rings (SSSR count). The lowest BCUT2D eigenvalue weighted by atomic mass is 9.84. The second-order valence-corrected chi connectivity index (χ2v) is 6.36. The van der Waals surface area contributed by atoms with Crippen LogP contribution in [0, 0.1) is 5.92 Å². The molecule has 0 saturated carbocycles. The first-order chi connectivity index (χ1) is 7.21. The molecule has 2 unspecified atom stereocenters. The molecule has 0 saturated heterocycles. The van der Waals surface area contributed by atoms with Crippen molar-refractivity contribution in [2.45, 2.75) is 31.9 Å². The average molecular weight is 248 g/mol. The second-order valence-electron chi connectivity index (χ2n) is 4.72. The topological polar surface area (TPSA) is 83.6 Å². The quantitative estimate of drug-likeness (QED) is 0.334. The summed E-state index contributed by atoms with van der Waals surface area (Å²) in [6.45, 7) is 4.38. The van der Waals surface area contributed by atoms with Crippen LogP contribution in [0.4, 0.5) is 0 Å². The fourth-order valence-corrected chi connectivity index (χ4v) is 3.37. The first kappa shape index (κ1) is 13.6. The molecule has 0 fully saturated rings. The smallest absolute Gasteiger partial charge is 0.268 e. The molecule has 1 aliphatic carbocycles. The Kier molecular flexibility index (Phi) is 4.12. The molecule has 5 nitrogen and oxygen atoms in total. The Morgan fingerprint density at radius 3 is 2.31 bits per heavy atom. The summed E-state index contributed by atoms with van der Waals surface area (Å²) in [5.41, 5.74) is 2.25.